The van der Waals surface area contributed by atoms with E-state index in [1.165, 1.54) is 44.2 Å². The average molecular weight is 207 g/mol. The van der Waals surface area contributed by atoms with Gasteiger partial charge in [0.15, 0.2) is 0 Å². The quantitative estimate of drug-likeness (QED) is 0.803. The number of hydrogen-bond donors (Lipinski definition) is 1. The molecule has 14 heavy (non-hydrogen) atoms. The van der Waals surface area contributed by atoms with Crippen LogP contribution in [0.1, 0.15) is 31.2 Å². The molecule has 1 saturated heterocycles. The molecule has 1 aliphatic heterocycles. The maximum atomic E-state index is 3.77. The van der Waals surface area contributed by atoms with Gasteiger partial charge in [-0.3, -0.25) is 0 Å². The van der Waals surface area contributed by atoms with Crippen LogP contribution in [-0.2, 0) is 6.42 Å². The Morgan fingerprint density at radius 2 is 2.43 bits per heavy atom. The predicted octanol–water partition coefficient (Wildman–Crippen LogP) is 2.82. The van der Waals surface area contributed by atoms with Gasteiger partial charge in [-0.2, -0.15) is 11.3 Å². The largest absolute Gasteiger partial charge is 0.311 e. The highest BCUT2D eigenvalue weighted by atomic mass is 32.1. The van der Waals surface area contributed by atoms with Crippen LogP contribution in [0.5, 0.6) is 0 Å². The number of nitrogens with one attached hydrogen (secondary N) is 1. The predicted molar refractivity (Wildman–Crippen MR) is 60.7 cm³/mol. The molecule has 2 heterocycles. The third-order valence-corrected chi connectivity index (χ3v) is 4.47. The van der Waals surface area contributed by atoms with E-state index >= 15 is 0 Å². The molecule has 3 rings (SSSR count). The molecule has 2 aliphatic rings. The highest BCUT2D eigenvalue weighted by Crippen LogP contribution is 2.45. The zero-order valence-corrected chi connectivity index (χ0v) is 9.28. The Kier molecular flexibility index (Phi) is 2.14. The second-order valence-corrected chi connectivity index (χ2v) is 5.55. The molecule has 0 radical (unpaired) electrons. The first-order valence-corrected chi connectivity index (χ1v) is 6.59. The topological polar surface area (TPSA) is 12.0 Å². The van der Waals surface area contributed by atoms with Crippen LogP contribution in [0.2, 0.25) is 0 Å². The van der Waals surface area contributed by atoms with Crippen molar-refractivity contribution in [1.82, 2.24) is 5.32 Å². The minimum absolute atomic E-state index is 0.487. The van der Waals surface area contributed by atoms with Crippen molar-refractivity contribution in [2.24, 2.45) is 5.92 Å². The molecule has 1 nitrogen and oxygen atoms in total. The van der Waals surface area contributed by atoms with Crippen molar-refractivity contribution in [2.45, 2.75) is 37.6 Å². The number of rotatable bonds is 3. The van der Waals surface area contributed by atoms with Crippen molar-refractivity contribution >= 4 is 11.3 Å². The van der Waals surface area contributed by atoms with E-state index in [0.717, 1.165) is 5.92 Å². The normalized spacial score (nSPS) is 32.3. The Morgan fingerprint density at radius 3 is 3.00 bits per heavy atom. The van der Waals surface area contributed by atoms with Gasteiger partial charge in [0, 0.05) is 5.54 Å². The van der Waals surface area contributed by atoms with Crippen LogP contribution in [0.15, 0.2) is 16.8 Å². The summed E-state index contributed by atoms with van der Waals surface area (Å²) in [7, 11) is 0. The van der Waals surface area contributed by atoms with E-state index in [-0.39, 0.29) is 0 Å². The summed E-state index contributed by atoms with van der Waals surface area (Å²) in [6.07, 6.45) is 6.95. The summed E-state index contributed by atoms with van der Waals surface area (Å²) in [6, 6.07) is 2.29. The molecular weight excluding hydrogens is 190 g/mol. The van der Waals surface area contributed by atoms with E-state index in [4.69, 9.17) is 0 Å². The van der Waals surface area contributed by atoms with Crippen LogP contribution in [0.4, 0.5) is 0 Å². The van der Waals surface area contributed by atoms with Crippen LogP contribution in [0.25, 0.3) is 0 Å². The fraction of sp³-hybridized carbons (Fsp3) is 0.667. The van der Waals surface area contributed by atoms with Gasteiger partial charge in [-0.1, -0.05) is 0 Å². The average Bonchev–Trinajstić information content (AvgIpc) is 2.76. The summed E-state index contributed by atoms with van der Waals surface area (Å²) in [5, 5.41) is 8.28. The van der Waals surface area contributed by atoms with E-state index in [0.29, 0.717) is 5.54 Å². The fourth-order valence-electron chi connectivity index (χ4n) is 2.87. The van der Waals surface area contributed by atoms with Crippen molar-refractivity contribution in [3.05, 3.63) is 22.4 Å². The highest BCUT2D eigenvalue weighted by Gasteiger charge is 2.46. The molecule has 1 aliphatic carbocycles. The van der Waals surface area contributed by atoms with E-state index in [1.54, 1.807) is 0 Å². The molecule has 1 saturated carbocycles. The Hall–Kier alpha value is -0.340. The summed E-state index contributed by atoms with van der Waals surface area (Å²) in [6.45, 7) is 1.24. The van der Waals surface area contributed by atoms with Gasteiger partial charge in [-0.25, -0.2) is 0 Å². The van der Waals surface area contributed by atoms with Gasteiger partial charge in [-0.15, -0.1) is 0 Å². The molecule has 0 bridgehead atoms. The minimum Gasteiger partial charge on any atom is -0.311 e. The first-order chi connectivity index (χ1) is 6.89. The Labute approximate surface area is 89.5 Å². The molecule has 1 unspecified atom stereocenters. The maximum Gasteiger partial charge on any atom is 0.0250 e. The smallest absolute Gasteiger partial charge is 0.0250 e. The lowest BCUT2D eigenvalue weighted by Gasteiger charge is -2.29. The molecule has 0 amide bonds. The monoisotopic (exact) mass is 207 g/mol. The van der Waals surface area contributed by atoms with Gasteiger partial charge in [0.05, 0.1) is 0 Å². The van der Waals surface area contributed by atoms with Gasteiger partial charge in [0.25, 0.3) is 0 Å². The molecule has 1 atom stereocenters. The SMILES string of the molecule is c1cc(CC2(C3CC3)CCCN2)cs1. The van der Waals surface area contributed by atoms with Gasteiger partial charge < -0.3 is 5.32 Å². The molecule has 0 aromatic carbocycles. The van der Waals surface area contributed by atoms with E-state index in [2.05, 4.69) is 22.1 Å². The van der Waals surface area contributed by atoms with Crippen molar-refractivity contribution in [1.29, 1.82) is 0 Å². The number of thiophene rings is 1. The molecule has 1 aromatic heterocycles. The van der Waals surface area contributed by atoms with Crippen LogP contribution in [0, 0.1) is 5.92 Å². The highest BCUT2D eigenvalue weighted by molar-refractivity contribution is 7.07. The zero-order chi connectivity index (χ0) is 9.43. The van der Waals surface area contributed by atoms with Crippen molar-refractivity contribution in [3.8, 4) is 0 Å². The Morgan fingerprint density at radius 1 is 1.50 bits per heavy atom. The first kappa shape index (κ1) is 8.93. The molecular formula is C12H17NS. The third-order valence-electron chi connectivity index (χ3n) is 3.74. The number of hydrogen-bond acceptors (Lipinski definition) is 2. The molecule has 0 spiro atoms. The molecule has 2 fully saturated rings. The van der Waals surface area contributed by atoms with E-state index in [1.807, 2.05) is 11.3 Å². The van der Waals surface area contributed by atoms with Crippen LogP contribution >= 0.6 is 11.3 Å². The van der Waals surface area contributed by atoms with Gasteiger partial charge in [-0.05, 0) is 67.0 Å². The molecule has 1 aromatic rings. The summed E-state index contributed by atoms with van der Waals surface area (Å²) in [5.74, 6) is 0.977. The van der Waals surface area contributed by atoms with Crippen molar-refractivity contribution in [2.75, 3.05) is 6.54 Å². The van der Waals surface area contributed by atoms with Gasteiger partial charge in [0.2, 0.25) is 0 Å². The fourth-order valence-corrected chi connectivity index (χ4v) is 3.54. The Bertz CT molecular complexity index is 294. The lowest BCUT2D eigenvalue weighted by Crippen LogP contribution is -2.44. The first-order valence-electron chi connectivity index (χ1n) is 5.65. The second-order valence-electron chi connectivity index (χ2n) is 4.77. The van der Waals surface area contributed by atoms with Crippen LogP contribution < -0.4 is 5.32 Å². The molecule has 1 N–H and O–H groups in total. The lowest BCUT2D eigenvalue weighted by molar-refractivity contribution is 0.323. The summed E-state index contributed by atoms with van der Waals surface area (Å²) in [5.41, 5.74) is 2.03. The van der Waals surface area contributed by atoms with E-state index in [9.17, 15) is 0 Å². The third kappa shape index (κ3) is 1.51. The van der Waals surface area contributed by atoms with Gasteiger partial charge in [0.1, 0.15) is 0 Å². The Balaban J connectivity index is 1.79. The van der Waals surface area contributed by atoms with Crippen molar-refractivity contribution < 1.29 is 0 Å². The summed E-state index contributed by atoms with van der Waals surface area (Å²) < 4.78 is 0. The standard InChI is InChI=1S/C12H17NS/c1-5-12(13-6-1,11-2-3-11)8-10-4-7-14-9-10/h4,7,9,11,13H,1-3,5-6,8H2. The summed E-state index contributed by atoms with van der Waals surface area (Å²) in [4.78, 5) is 0. The lowest BCUT2D eigenvalue weighted by atomic mass is 9.85. The second kappa shape index (κ2) is 3.35. The molecule has 2 heteroatoms. The van der Waals surface area contributed by atoms with Crippen LogP contribution in [0.3, 0.4) is 0 Å². The van der Waals surface area contributed by atoms with E-state index < -0.39 is 0 Å². The van der Waals surface area contributed by atoms with Crippen molar-refractivity contribution in [3.63, 3.8) is 0 Å². The van der Waals surface area contributed by atoms with Crippen LogP contribution in [-0.4, -0.2) is 12.1 Å². The maximum absolute atomic E-state index is 3.77. The molecule has 76 valence electrons. The van der Waals surface area contributed by atoms with Gasteiger partial charge >= 0.3 is 0 Å². The summed E-state index contributed by atoms with van der Waals surface area (Å²) >= 11 is 1.83. The minimum atomic E-state index is 0.487. The zero-order valence-electron chi connectivity index (χ0n) is 8.46.